The van der Waals surface area contributed by atoms with Gasteiger partial charge in [-0.25, -0.2) is 0 Å². The lowest BCUT2D eigenvalue weighted by Gasteiger charge is -2.16. The number of benzene rings is 3. The number of hydrogen-bond donors (Lipinski definition) is 4. The molecule has 0 bridgehead atoms. The zero-order valence-electron chi connectivity index (χ0n) is 18.2. The first-order valence-electron chi connectivity index (χ1n) is 10.3. The van der Waals surface area contributed by atoms with Gasteiger partial charge in [-0.1, -0.05) is 48.0 Å². The van der Waals surface area contributed by atoms with Crippen molar-refractivity contribution in [3.8, 4) is 0 Å². The molecule has 8 nitrogen and oxygen atoms in total. The van der Waals surface area contributed by atoms with Gasteiger partial charge in [0, 0.05) is 11.1 Å². The van der Waals surface area contributed by atoms with Crippen molar-refractivity contribution in [3.63, 3.8) is 0 Å². The van der Waals surface area contributed by atoms with Crippen molar-refractivity contribution in [1.82, 2.24) is 16.2 Å². The van der Waals surface area contributed by atoms with E-state index in [4.69, 9.17) is 0 Å². The number of nitrogens with one attached hydrogen (secondary N) is 4. The Kier molecular flexibility index (Phi) is 7.54. The van der Waals surface area contributed by atoms with Crippen molar-refractivity contribution >= 4 is 29.3 Å². The second-order valence-corrected chi connectivity index (χ2v) is 7.37. The van der Waals surface area contributed by atoms with E-state index in [2.05, 4.69) is 21.5 Å². The summed E-state index contributed by atoms with van der Waals surface area (Å²) in [6, 6.07) is 21.0. The van der Waals surface area contributed by atoms with E-state index in [0.717, 1.165) is 5.56 Å². The van der Waals surface area contributed by atoms with Crippen LogP contribution in [0.5, 0.6) is 0 Å². The van der Waals surface area contributed by atoms with E-state index in [0.29, 0.717) is 16.8 Å². The van der Waals surface area contributed by atoms with Crippen LogP contribution in [0.15, 0.2) is 78.9 Å². The number of carbonyl (C=O) groups excluding carboxylic acids is 4. The first-order chi connectivity index (χ1) is 15.8. The number of carbonyl (C=O) groups is 4. The molecule has 8 heteroatoms. The summed E-state index contributed by atoms with van der Waals surface area (Å²) in [6.45, 7) is 3.40. The van der Waals surface area contributed by atoms with E-state index in [1.165, 1.54) is 6.92 Å². The highest BCUT2D eigenvalue weighted by Crippen LogP contribution is 2.17. The predicted octanol–water partition coefficient (Wildman–Crippen LogP) is 2.83. The van der Waals surface area contributed by atoms with E-state index in [9.17, 15) is 19.2 Å². The van der Waals surface area contributed by atoms with Crippen molar-refractivity contribution in [2.75, 3.05) is 5.32 Å². The number of hydrogen-bond acceptors (Lipinski definition) is 4. The lowest BCUT2D eigenvalue weighted by molar-refractivity contribution is -0.123. The predicted molar refractivity (Wildman–Crippen MR) is 125 cm³/mol. The Bertz CT molecular complexity index is 1160. The molecule has 0 saturated heterocycles. The summed E-state index contributed by atoms with van der Waals surface area (Å²) in [5.74, 6) is -1.99. The van der Waals surface area contributed by atoms with Crippen LogP contribution in [0.1, 0.15) is 43.6 Å². The van der Waals surface area contributed by atoms with Crippen LogP contribution in [0.3, 0.4) is 0 Å². The highest BCUT2D eigenvalue weighted by molar-refractivity contribution is 6.09. The van der Waals surface area contributed by atoms with E-state index in [-0.39, 0.29) is 11.5 Å². The highest BCUT2D eigenvalue weighted by Gasteiger charge is 2.20. The minimum absolute atomic E-state index is 0.200. The molecule has 0 saturated carbocycles. The fourth-order valence-corrected chi connectivity index (χ4v) is 2.92. The lowest BCUT2D eigenvalue weighted by atomic mass is 10.1. The fourth-order valence-electron chi connectivity index (χ4n) is 2.92. The van der Waals surface area contributed by atoms with Crippen molar-refractivity contribution in [2.24, 2.45) is 0 Å². The summed E-state index contributed by atoms with van der Waals surface area (Å²) in [5.41, 5.74) is 6.97. The van der Waals surface area contributed by atoms with E-state index in [1.807, 2.05) is 19.1 Å². The third kappa shape index (κ3) is 6.27. The Hall–Kier alpha value is -4.46. The molecule has 1 atom stereocenters. The Balaban J connectivity index is 1.60. The van der Waals surface area contributed by atoms with Crippen LogP contribution in [0.25, 0.3) is 0 Å². The van der Waals surface area contributed by atoms with E-state index in [1.54, 1.807) is 66.7 Å². The molecule has 4 N–H and O–H groups in total. The van der Waals surface area contributed by atoms with E-state index >= 15 is 0 Å². The number of aryl methyl sites for hydroxylation is 1. The second kappa shape index (κ2) is 10.7. The number of rotatable bonds is 6. The number of amides is 4. The largest absolute Gasteiger partial charge is 0.340 e. The first kappa shape index (κ1) is 23.2. The Morgan fingerprint density at radius 3 is 1.97 bits per heavy atom. The van der Waals surface area contributed by atoms with Crippen LogP contribution >= 0.6 is 0 Å². The molecular weight excluding hydrogens is 420 g/mol. The summed E-state index contributed by atoms with van der Waals surface area (Å²) in [4.78, 5) is 49.7. The van der Waals surface area contributed by atoms with Gasteiger partial charge in [-0.05, 0) is 50.2 Å². The summed E-state index contributed by atoms with van der Waals surface area (Å²) in [5, 5.41) is 5.30. The third-order valence-corrected chi connectivity index (χ3v) is 4.81. The molecule has 0 aliphatic rings. The minimum Gasteiger partial charge on any atom is -0.340 e. The van der Waals surface area contributed by atoms with Gasteiger partial charge in [0.05, 0.1) is 11.3 Å². The average molecular weight is 444 g/mol. The Labute approximate surface area is 191 Å². The van der Waals surface area contributed by atoms with Gasteiger partial charge in [0.25, 0.3) is 23.6 Å². The number of anilines is 1. The molecule has 33 heavy (non-hydrogen) atoms. The molecule has 0 radical (unpaired) electrons. The van der Waals surface area contributed by atoms with Gasteiger partial charge in [-0.15, -0.1) is 0 Å². The van der Waals surface area contributed by atoms with Gasteiger partial charge in [0.1, 0.15) is 6.04 Å². The normalized spacial score (nSPS) is 11.1. The first-order valence-corrected chi connectivity index (χ1v) is 10.3. The van der Waals surface area contributed by atoms with Crippen LogP contribution in [0.4, 0.5) is 5.69 Å². The van der Waals surface area contributed by atoms with E-state index < -0.39 is 23.8 Å². The average Bonchev–Trinajstić information content (AvgIpc) is 2.83. The van der Waals surface area contributed by atoms with Crippen LogP contribution < -0.4 is 21.5 Å². The molecular formula is C25H24N4O4. The summed E-state index contributed by atoms with van der Waals surface area (Å²) in [7, 11) is 0. The van der Waals surface area contributed by atoms with Crippen molar-refractivity contribution in [2.45, 2.75) is 19.9 Å². The molecule has 168 valence electrons. The van der Waals surface area contributed by atoms with Crippen LogP contribution in [0, 0.1) is 6.92 Å². The second-order valence-electron chi connectivity index (χ2n) is 7.37. The monoisotopic (exact) mass is 444 g/mol. The summed E-state index contributed by atoms with van der Waals surface area (Å²) >= 11 is 0. The standard InChI is InChI=1S/C25H24N4O4/c1-16-12-14-19(15-13-16)23(31)27-21-11-7-6-10-20(21)25(33)26-17(2)22(30)28-29-24(32)18-8-4-3-5-9-18/h3-15,17H,1-2H3,(H,26,33)(H,27,31)(H,28,30)(H,29,32). The molecule has 3 aromatic rings. The minimum atomic E-state index is -0.950. The van der Waals surface area contributed by atoms with Gasteiger partial charge in [0.15, 0.2) is 0 Å². The molecule has 0 fully saturated rings. The fraction of sp³-hybridized carbons (Fsp3) is 0.120. The summed E-state index contributed by atoms with van der Waals surface area (Å²) in [6.07, 6.45) is 0. The van der Waals surface area contributed by atoms with Crippen molar-refractivity contribution < 1.29 is 19.2 Å². The molecule has 4 amide bonds. The number of para-hydroxylation sites is 1. The molecule has 0 heterocycles. The maximum absolute atomic E-state index is 12.8. The van der Waals surface area contributed by atoms with Gasteiger partial charge in [-0.2, -0.15) is 0 Å². The zero-order valence-corrected chi connectivity index (χ0v) is 18.2. The smallest absolute Gasteiger partial charge is 0.269 e. The maximum Gasteiger partial charge on any atom is 0.269 e. The van der Waals surface area contributed by atoms with Crippen LogP contribution in [-0.2, 0) is 4.79 Å². The number of hydrazine groups is 1. The van der Waals surface area contributed by atoms with Gasteiger partial charge in [0.2, 0.25) is 0 Å². The zero-order chi connectivity index (χ0) is 23.8. The molecule has 0 aromatic heterocycles. The van der Waals surface area contributed by atoms with Crippen molar-refractivity contribution in [3.05, 3.63) is 101 Å². The van der Waals surface area contributed by atoms with Crippen LogP contribution in [0.2, 0.25) is 0 Å². The highest BCUT2D eigenvalue weighted by atomic mass is 16.2. The molecule has 0 aliphatic carbocycles. The Morgan fingerprint density at radius 2 is 1.27 bits per heavy atom. The lowest BCUT2D eigenvalue weighted by Crippen LogP contribution is -2.51. The topological polar surface area (TPSA) is 116 Å². The van der Waals surface area contributed by atoms with Crippen LogP contribution in [-0.4, -0.2) is 29.7 Å². The SMILES string of the molecule is Cc1ccc(C(=O)Nc2ccccc2C(=O)NC(C)C(=O)NNC(=O)c2ccccc2)cc1. The molecule has 1 unspecified atom stereocenters. The Morgan fingerprint density at radius 1 is 0.667 bits per heavy atom. The molecule has 3 aromatic carbocycles. The molecule has 0 spiro atoms. The quantitative estimate of drug-likeness (QED) is 0.438. The van der Waals surface area contributed by atoms with Gasteiger partial charge < -0.3 is 10.6 Å². The third-order valence-electron chi connectivity index (χ3n) is 4.81. The molecule has 0 aliphatic heterocycles. The van der Waals surface area contributed by atoms with Crippen molar-refractivity contribution in [1.29, 1.82) is 0 Å². The van der Waals surface area contributed by atoms with Gasteiger partial charge >= 0.3 is 0 Å². The van der Waals surface area contributed by atoms with Gasteiger partial charge in [-0.3, -0.25) is 30.0 Å². The summed E-state index contributed by atoms with van der Waals surface area (Å²) < 4.78 is 0. The molecule has 3 rings (SSSR count). The maximum atomic E-state index is 12.8.